The molecule has 3 N–H and O–H groups in total. The number of carbonyl (C=O) groups is 2. The van der Waals surface area contributed by atoms with Gasteiger partial charge < -0.3 is 14.7 Å². The minimum absolute atomic E-state index is 0.0477. The van der Waals surface area contributed by atoms with Crippen molar-refractivity contribution < 1.29 is 26.9 Å². The summed E-state index contributed by atoms with van der Waals surface area (Å²) in [5.41, 5.74) is 7.31. The number of likely N-dealkylation sites (tertiary alicyclic amines) is 1. The van der Waals surface area contributed by atoms with Gasteiger partial charge in [-0.05, 0) is 40.8 Å². The van der Waals surface area contributed by atoms with Gasteiger partial charge >= 0.3 is 22.2 Å². The van der Waals surface area contributed by atoms with E-state index in [-0.39, 0.29) is 19.0 Å². The van der Waals surface area contributed by atoms with Gasteiger partial charge in [-0.15, -0.1) is 0 Å². The minimum atomic E-state index is -4.25. The summed E-state index contributed by atoms with van der Waals surface area (Å²) in [7, 11) is -4.25. The van der Waals surface area contributed by atoms with Gasteiger partial charge in [0.15, 0.2) is 0 Å². The molecule has 182 valence electrons. The van der Waals surface area contributed by atoms with Gasteiger partial charge in [-0.1, -0.05) is 60.7 Å². The summed E-state index contributed by atoms with van der Waals surface area (Å²) < 4.78 is 35.4. The third-order valence-corrected chi connectivity index (χ3v) is 6.84. The van der Waals surface area contributed by atoms with Crippen LogP contribution in [0.25, 0.3) is 10.8 Å². The van der Waals surface area contributed by atoms with Crippen LogP contribution in [0.1, 0.15) is 29.5 Å². The number of benzene rings is 3. The molecule has 9 nitrogen and oxygen atoms in total. The molecule has 0 aliphatic carbocycles. The van der Waals surface area contributed by atoms with E-state index in [0.29, 0.717) is 24.0 Å². The molecule has 1 saturated heterocycles. The van der Waals surface area contributed by atoms with Crippen LogP contribution in [0.3, 0.4) is 0 Å². The fourth-order valence-corrected chi connectivity index (χ4v) is 5.01. The molecule has 4 rings (SSSR count). The monoisotopic (exact) mass is 495 g/mol. The number of nitrogens with zero attached hydrogens (tertiary/aromatic N) is 1. The van der Waals surface area contributed by atoms with Crippen LogP contribution in [0.5, 0.6) is 0 Å². The van der Waals surface area contributed by atoms with E-state index in [9.17, 15) is 18.0 Å². The van der Waals surface area contributed by atoms with Crippen molar-refractivity contribution in [3.05, 3.63) is 83.4 Å². The summed E-state index contributed by atoms with van der Waals surface area (Å²) in [5.74, 6) is -1.56. The predicted molar refractivity (Wildman–Crippen MR) is 130 cm³/mol. The summed E-state index contributed by atoms with van der Waals surface area (Å²) in [4.78, 5) is 26.4. The van der Waals surface area contributed by atoms with Crippen molar-refractivity contribution in [1.29, 1.82) is 5.41 Å². The second-order valence-electron chi connectivity index (χ2n) is 8.31. The number of nitrogen functional groups attached to an aromatic ring is 1. The highest BCUT2D eigenvalue weighted by Gasteiger charge is 2.38. The Morgan fingerprint density at radius 1 is 1.00 bits per heavy atom. The largest absolute Gasteiger partial charge is 0.445 e. The average Bonchev–Trinajstić information content (AvgIpc) is 3.32. The third kappa shape index (κ3) is 5.96. The van der Waals surface area contributed by atoms with E-state index in [2.05, 4.69) is 0 Å². The summed E-state index contributed by atoms with van der Waals surface area (Å²) in [6.45, 7) is 0.326. The molecule has 0 saturated carbocycles. The SMILES string of the molecule is N=C(N)c1ccc2cc(CS(=O)(=O)OC(=O)C3CCCN3C(=O)OCc3ccccc3)ccc2c1. The number of rotatable bonds is 7. The molecule has 3 aromatic rings. The van der Waals surface area contributed by atoms with Crippen LogP contribution in [-0.4, -0.2) is 43.8 Å². The van der Waals surface area contributed by atoms with E-state index in [1.165, 1.54) is 4.90 Å². The summed E-state index contributed by atoms with van der Waals surface area (Å²) >= 11 is 0. The van der Waals surface area contributed by atoms with Crippen molar-refractivity contribution in [1.82, 2.24) is 4.90 Å². The molecule has 0 bridgehead atoms. The Labute approximate surface area is 203 Å². The molecule has 35 heavy (non-hydrogen) atoms. The zero-order chi connectivity index (χ0) is 25.0. The molecule has 0 aromatic heterocycles. The molecule has 1 heterocycles. The number of nitrogens with one attached hydrogen (secondary N) is 1. The Hall–Kier alpha value is -3.92. The first kappa shape index (κ1) is 24.2. The number of carbonyl (C=O) groups excluding carboxylic acids is 2. The molecule has 10 heteroatoms. The molecular weight excluding hydrogens is 470 g/mol. The molecule has 1 fully saturated rings. The van der Waals surface area contributed by atoms with Crippen molar-refractivity contribution in [3.63, 3.8) is 0 Å². The maximum Gasteiger partial charge on any atom is 0.410 e. The summed E-state index contributed by atoms with van der Waals surface area (Å²) in [6, 6.07) is 18.3. The molecule has 0 spiro atoms. The highest BCUT2D eigenvalue weighted by Crippen LogP contribution is 2.23. The van der Waals surface area contributed by atoms with Crippen molar-refractivity contribution in [2.45, 2.75) is 31.2 Å². The smallest absolute Gasteiger partial charge is 0.410 e. The van der Waals surface area contributed by atoms with E-state index in [4.69, 9.17) is 20.1 Å². The van der Waals surface area contributed by atoms with E-state index >= 15 is 0 Å². The second-order valence-corrected chi connectivity index (χ2v) is 9.88. The number of nitrogens with two attached hydrogens (primary N) is 1. The first-order valence-corrected chi connectivity index (χ1v) is 12.6. The maximum absolute atomic E-state index is 12.7. The van der Waals surface area contributed by atoms with E-state index < -0.39 is 34.0 Å². The van der Waals surface area contributed by atoms with Gasteiger partial charge in [0.25, 0.3) is 0 Å². The molecule has 1 aliphatic heterocycles. The highest BCUT2D eigenvalue weighted by molar-refractivity contribution is 7.86. The van der Waals surface area contributed by atoms with Crippen molar-refractivity contribution in [2.75, 3.05) is 6.54 Å². The van der Waals surface area contributed by atoms with E-state index in [1.54, 1.807) is 36.4 Å². The molecule has 1 amide bonds. The zero-order valence-corrected chi connectivity index (χ0v) is 19.7. The van der Waals surface area contributed by atoms with E-state index in [0.717, 1.165) is 16.3 Å². The Morgan fingerprint density at radius 2 is 1.71 bits per heavy atom. The number of amides is 1. The first-order chi connectivity index (χ1) is 16.7. The molecule has 0 radical (unpaired) electrons. The number of fused-ring (bicyclic) bond motifs is 1. The minimum Gasteiger partial charge on any atom is -0.445 e. The fourth-order valence-electron chi connectivity index (χ4n) is 4.00. The number of hydrogen-bond acceptors (Lipinski definition) is 7. The molecule has 1 unspecified atom stereocenters. The first-order valence-electron chi connectivity index (χ1n) is 11.0. The quantitative estimate of drug-likeness (QED) is 0.291. The zero-order valence-electron chi connectivity index (χ0n) is 18.8. The number of ether oxygens (including phenoxy) is 1. The number of amidine groups is 1. The topological polar surface area (TPSA) is 140 Å². The lowest BCUT2D eigenvalue weighted by molar-refractivity contribution is -0.138. The van der Waals surface area contributed by atoms with Gasteiger partial charge in [0, 0.05) is 12.1 Å². The van der Waals surface area contributed by atoms with Crippen LogP contribution in [0.4, 0.5) is 4.79 Å². The van der Waals surface area contributed by atoms with Gasteiger partial charge in [0.1, 0.15) is 24.2 Å². The lowest BCUT2D eigenvalue weighted by atomic mass is 10.0. The average molecular weight is 496 g/mol. The third-order valence-electron chi connectivity index (χ3n) is 5.73. The standard InChI is InChI=1S/C25H25N3O6S/c26-23(27)21-11-10-19-13-18(8-9-20(19)14-21)16-35(31,32)34-24(29)22-7-4-12-28(22)25(30)33-15-17-5-2-1-3-6-17/h1-3,5-6,8-11,13-14,22H,4,7,12,15-16H2,(H3,26,27). The van der Waals surface area contributed by atoms with Crippen molar-refractivity contribution in [2.24, 2.45) is 5.73 Å². The highest BCUT2D eigenvalue weighted by atomic mass is 32.2. The molecule has 1 aliphatic rings. The Morgan fingerprint density at radius 3 is 2.46 bits per heavy atom. The lowest BCUT2D eigenvalue weighted by Gasteiger charge is -2.22. The maximum atomic E-state index is 12.7. The van der Waals surface area contributed by atoms with Crippen LogP contribution < -0.4 is 5.73 Å². The Bertz CT molecular complexity index is 1370. The van der Waals surface area contributed by atoms with Crippen molar-refractivity contribution >= 4 is 38.8 Å². The van der Waals surface area contributed by atoms with Gasteiger partial charge in [-0.2, -0.15) is 8.42 Å². The summed E-state index contributed by atoms with van der Waals surface area (Å²) in [5, 5.41) is 9.09. The van der Waals surface area contributed by atoms with Gasteiger partial charge in [0.2, 0.25) is 0 Å². The molecule has 3 aromatic carbocycles. The van der Waals surface area contributed by atoms with Crippen LogP contribution in [0.2, 0.25) is 0 Å². The summed E-state index contributed by atoms with van der Waals surface area (Å²) in [6.07, 6.45) is 0.140. The Balaban J connectivity index is 1.39. The van der Waals surface area contributed by atoms with Gasteiger partial charge in [-0.3, -0.25) is 10.3 Å². The number of hydrogen-bond donors (Lipinski definition) is 2. The molecule has 1 atom stereocenters. The van der Waals surface area contributed by atoms with Crippen LogP contribution in [0.15, 0.2) is 66.7 Å². The van der Waals surface area contributed by atoms with E-state index in [1.807, 2.05) is 30.3 Å². The van der Waals surface area contributed by atoms with Gasteiger partial charge in [-0.25, -0.2) is 9.59 Å². The fraction of sp³-hybridized carbons (Fsp3) is 0.240. The second kappa shape index (κ2) is 10.1. The predicted octanol–water partition coefficient (Wildman–Crippen LogP) is 3.30. The van der Waals surface area contributed by atoms with Crippen LogP contribution >= 0.6 is 0 Å². The van der Waals surface area contributed by atoms with Crippen molar-refractivity contribution in [3.8, 4) is 0 Å². The van der Waals surface area contributed by atoms with Crippen LogP contribution in [0, 0.1) is 5.41 Å². The molecular formula is C25H25N3O6S. The van der Waals surface area contributed by atoms with Crippen LogP contribution in [-0.2, 0) is 36.2 Å². The Kier molecular flexibility index (Phi) is 7.02. The van der Waals surface area contributed by atoms with Gasteiger partial charge in [0.05, 0.1) is 0 Å². The lowest BCUT2D eigenvalue weighted by Crippen LogP contribution is -2.42. The normalized spacial score (nSPS) is 15.7.